The lowest BCUT2D eigenvalue weighted by Crippen LogP contribution is -2.06. The van der Waals surface area contributed by atoms with E-state index in [4.69, 9.17) is 0 Å². The standard InChI is InChI=1S/C20H39N/c1-2-3-4-5-6-7-8-9-10-14-18-21-19-17-20-15-12-11-13-16-20/h19-20H,2-18H2,1H3. The summed E-state index contributed by atoms with van der Waals surface area (Å²) in [6, 6.07) is 0. The van der Waals surface area contributed by atoms with E-state index in [0.29, 0.717) is 0 Å². The van der Waals surface area contributed by atoms with Crippen LogP contribution in [0.2, 0.25) is 0 Å². The molecule has 1 fully saturated rings. The van der Waals surface area contributed by atoms with Gasteiger partial charge in [-0.25, -0.2) is 0 Å². The second kappa shape index (κ2) is 14.6. The Bertz CT molecular complexity index is 228. The van der Waals surface area contributed by atoms with Gasteiger partial charge in [0.25, 0.3) is 0 Å². The number of nitrogens with zero attached hydrogens (tertiary/aromatic N) is 1. The van der Waals surface area contributed by atoms with Gasteiger partial charge in [0.1, 0.15) is 0 Å². The highest BCUT2D eigenvalue weighted by atomic mass is 14.7. The zero-order valence-corrected chi connectivity index (χ0v) is 14.6. The Balaban J connectivity index is 1.75. The molecule has 1 aliphatic carbocycles. The van der Waals surface area contributed by atoms with Gasteiger partial charge in [-0.05, 0) is 25.0 Å². The Labute approximate surface area is 134 Å². The summed E-state index contributed by atoms with van der Waals surface area (Å²) in [6.45, 7) is 3.36. The lowest BCUT2D eigenvalue weighted by atomic mass is 9.87. The first-order valence-corrected chi connectivity index (χ1v) is 9.91. The van der Waals surface area contributed by atoms with E-state index in [1.54, 1.807) is 0 Å². The van der Waals surface area contributed by atoms with Gasteiger partial charge in [-0.3, -0.25) is 4.99 Å². The molecular formula is C20H39N. The molecule has 0 atom stereocenters. The Morgan fingerprint density at radius 1 is 0.762 bits per heavy atom. The predicted octanol–water partition coefficient (Wildman–Crippen LogP) is 6.95. The first-order chi connectivity index (χ1) is 10.4. The van der Waals surface area contributed by atoms with Crippen LogP contribution in [0.5, 0.6) is 0 Å². The molecule has 21 heavy (non-hydrogen) atoms. The molecule has 0 N–H and O–H groups in total. The van der Waals surface area contributed by atoms with Crippen LogP contribution in [0.15, 0.2) is 4.99 Å². The van der Waals surface area contributed by atoms with Crippen LogP contribution >= 0.6 is 0 Å². The fourth-order valence-electron chi connectivity index (χ4n) is 3.43. The number of rotatable bonds is 13. The summed E-state index contributed by atoms with van der Waals surface area (Å²) in [7, 11) is 0. The van der Waals surface area contributed by atoms with E-state index < -0.39 is 0 Å². The van der Waals surface area contributed by atoms with Crippen molar-refractivity contribution >= 4 is 6.21 Å². The molecule has 0 amide bonds. The summed E-state index contributed by atoms with van der Waals surface area (Å²) >= 11 is 0. The van der Waals surface area contributed by atoms with Crippen molar-refractivity contribution in [2.45, 2.75) is 110 Å². The van der Waals surface area contributed by atoms with Crippen LogP contribution in [-0.2, 0) is 0 Å². The third-order valence-electron chi connectivity index (χ3n) is 4.93. The van der Waals surface area contributed by atoms with Gasteiger partial charge < -0.3 is 0 Å². The topological polar surface area (TPSA) is 12.4 Å². The second-order valence-corrected chi connectivity index (χ2v) is 7.01. The van der Waals surface area contributed by atoms with Crippen molar-refractivity contribution in [3.05, 3.63) is 0 Å². The van der Waals surface area contributed by atoms with Crippen LogP contribution in [0.25, 0.3) is 0 Å². The van der Waals surface area contributed by atoms with E-state index in [9.17, 15) is 0 Å². The quantitative estimate of drug-likeness (QED) is 0.257. The predicted molar refractivity (Wildman–Crippen MR) is 96.4 cm³/mol. The lowest BCUT2D eigenvalue weighted by molar-refractivity contribution is 0.370. The molecule has 0 spiro atoms. The van der Waals surface area contributed by atoms with Gasteiger partial charge in [0.2, 0.25) is 0 Å². The van der Waals surface area contributed by atoms with Gasteiger partial charge in [-0.15, -0.1) is 0 Å². The minimum atomic E-state index is 0.954. The molecule has 1 heteroatoms. The van der Waals surface area contributed by atoms with Gasteiger partial charge in [0, 0.05) is 6.54 Å². The van der Waals surface area contributed by atoms with Crippen molar-refractivity contribution in [1.29, 1.82) is 0 Å². The van der Waals surface area contributed by atoms with Crippen LogP contribution in [0.3, 0.4) is 0 Å². The van der Waals surface area contributed by atoms with Gasteiger partial charge in [-0.1, -0.05) is 96.8 Å². The van der Waals surface area contributed by atoms with Crippen molar-refractivity contribution in [3.63, 3.8) is 0 Å². The van der Waals surface area contributed by atoms with Gasteiger partial charge >= 0.3 is 0 Å². The molecule has 124 valence electrons. The summed E-state index contributed by atoms with van der Waals surface area (Å²) < 4.78 is 0. The largest absolute Gasteiger partial charge is 0.298 e. The zero-order valence-electron chi connectivity index (χ0n) is 14.6. The SMILES string of the molecule is CCCCCCCCCCCCN=CCC1CCCCC1. The molecule has 0 unspecified atom stereocenters. The molecule has 0 bridgehead atoms. The van der Waals surface area contributed by atoms with Gasteiger partial charge in [0.05, 0.1) is 0 Å². The maximum atomic E-state index is 4.61. The van der Waals surface area contributed by atoms with E-state index in [0.717, 1.165) is 12.5 Å². The molecule has 1 saturated carbocycles. The Kier molecular flexibility index (Phi) is 13.0. The number of aliphatic imine (C=N–C) groups is 1. The van der Waals surface area contributed by atoms with Crippen LogP contribution in [0, 0.1) is 5.92 Å². The smallest absolute Gasteiger partial charge is 0.0385 e. The highest BCUT2D eigenvalue weighted by molar-refractivity contribution is 5.57. The molecule has 1 aliphatic rings. The van der Waals surface area contributed by atoms with Crippen molar-refractivity contribution in [2.75, 3.05) is 6.54 Å². The van der Waals surface area contributed by atoms with Crippen LogP contribution in [0.1, 0.15) is 110 Å². The molecule has 0 heterocycles. The third-order valence-corrected chi connectivity index (χ3v) is 4.93. The Morgan fingerprint density at radius 3 is 1.95 bits per heavy atom. The fraction of sp³-hybridized carbons (Fsp3) is 0.950. The number of unbranched alkanes of at least 4 members (excludes halogenated alkanes) is 9. The highest BCUT2D eigenvalue weighted by Crippen LogP contribution is 2.25. The maximum absolute atomic E-state index is 4.61. The minimum absolute atomic E-state index is 0.954. The second-order valence-electron chi connectivity index (χ2n) is 7.01. The molecule has 1 nitrogen and oxygen atoms in total. The highest BCUT2D eigenvalue weighted by Gasteiger charge is 2.11. The summed E-state index contributed by atoms with van der Waals surface area (Å²) in [4.78, 5) is 4.61. The number of hydrogen-bond donors (Lipinski definition) is 0. The first-order valence-electron chi connectivity index (χ1n) is 9.91. The van der Waals surface area contributed by atoms with Crippen molar-refractivity contribution in [2.24, 2.45) is 10.9 Å². The summed E-state index contributed by atoms with van der Waals surface area (Å²) in [5.41, 5.74) is 0. The van der Waals surface area contributed by atoms with Gasteiger partial charge in [-0.2, -0.15) is 0 Å². The van der Waals surface area contributed by atoms with E-state index in [1.165, 1.54) is 103 Å². The molecule has 0 aromatic carbocycles. The Hall–Kier alpha value is -0.330. The van der Waals surface area contributed by atoms with E-state index in [2.05, 4.69) is 18.1 Å². The van der Waals surface area contributed by atoms with Crippen molar-refractivity contribution in [1.82, 2.24) is 0 Å². The zero-order chi connectivity index (χ0) is 15.0. The summed E-state index contributed by atoms with van der Waals surface area (Å²) in [5.74, 6) is 0.954. The van der Waals surface area contributed by atoms with Crippen LogP contribution in [-0.4, -0.2) is 12.8 Å². The van der Waals surface area contributed by atoms with Crippen molar-refractivity contribution in [3.8, 4) is 0 Å². The molecule has 0 aromatic rings. The van der Waals surface area contributed by atoms with Crippen LogP contribution < -0.4 is 0 Å². The molecular weight excluding hydrogens is 254 g/mol. The fourth-order valence-corrected chi connectivity index (χ4v) is 3.43. The Morgan fingerprint density at radius 2 is 1.33 bits per heavy atom. The third kappa shape index (κ3) is 12.0. The summed E-state index contributed by atoms with van der Waals surface area (Å²) in [5, 5.41) is 0. The van der Waals surface area contributed by atoms with E-state index in [-0.39, 0.29) is 0 Å². The normalized spacial score (nSPS) is 16.8. The van der Waals surface area contributed by atoms with Crippen LogP contribution in [0.4, 0.5) is 0 Å². The molecule has 0 aromatic heterocycles. The molecule has 1 rings (SSSR count). The monoisotopic (exact) mass is 293 g/mol. The van der Waals surface area contributed by atoms with Gasteiger partial charge in [0.15, 0.2) is 0 Å². The van der Waals surface area contributed by atoms with E-state index in [1.807, 2.05) is 0 Å². The molecule has 0 aliphatic heterocycles. The summed E-state index contributed by atoms with van der Waals surface area (Å²) in [6.07, 6.45) is 24.9. The number of hydrogen-bond acceptors (Lipinski definition) is 1. The average Bonchev–Trinajstić information content (AvgIpc) is 2.53. The average molecular weight is 294 g/mol. The van der Waals surface area contributed by atoms with E-state index >= 15 is 0 Å². The molecule has 0 saturated heterocycles. The van der Waals surface area contributed by atoms with Crippen molar-refractivity contribution < 1.29 is 0 Å². The molecule has 0 radical (unpaired) electrons. The minimum Gasteiger partial charge on any atom is -0.298 e. The maximum Gasteiger partial charge on any atom is 0.0385 e. The lowest BCUT2D eigenvalue weighted by Gasteiger charge is -2.19. The first kappa shape index (κ1) is 18.7.